The molecule has 1 aromatic heterocycles. The van der Waals surface area contributed by atoms with Gasteiger partial charge in [0, 0.05) is 22.2 Å². The summed E-state index contributed by atoms with van der Waals surface area (Å²) in [5.74, 6) is -1.12. The molecule has 2 amide bonds. The van der Waals surface area contributed by atoms with Gasteiger partial charge in [0.2, 0.25) is 5.76 Å². The van der Waals surface area contributed by atoms with Gasteiger partial charge >= 0.3 is 0 Å². The molecule has 0 fully saturated rings. The molecule has 1 unspecified atom stereocenters. The zero-order chi connectivity index (χ0) is 29.3. The number of benzene rings is 4. The van der Waals surface area contributed by atoms with Crippen molar-refractivity contribution in [2.24, 2.45) is 0 Å². The predicted octanol–water partition coefficient (Wildman–Crippen LogP) is 7.16. The van der Waals surface area contributed by atoms with Crippen molar-refractivity contribution < 1.29 is 14.0 Å². The molecule has 2 aliphatic heterocycles. The average molecular weight is 595 g/mol. The third-order valence-electron chi connectivity index (χ3n) is 8.42. The van der Waals surface area contributed by atoms with E-state index in [1.54, 1.807) is 53.4 Å². The molecule has 0 saturated heterocycles. The fraction of sp³-hybridized carbons (Fsp3) is 0.147. The first-order valence-corrected chi connectivity index (χ1v) is 14.3. The van der Waals surface area contributed by atoms with Crippen LogP contribution in [0.25, 0.3) is 11.0 Å². The monoisotopic (exact) mass is 594 g/mol. The molecule has 0 saturated carbocycles. The molecule has 0 radical (unpaired) electrons. The van der Waals surface area contributed by atoms with Gasteiger partial charge in [-0.1, -0.05) is 77.8 Å². The smallest absolute Gasteiger partial charge is 0.291 e. The molecule has 0 N–H and O–H groups in total. The number of aryl methyl sites for hydroxylation is 2. The fourth-order valence-corrected chi connectivity index (χ4v) is 6.61. The van der Waals surface area contributed by atoms with Crippen LogP contribution in [-0.4, -0.2) is 16.7 Å². The van der Waals surface area contributed by atoms with Crippen LogP contribution in [0.5, 0.6) is 0 Å². The lowest BCUT2D eigenvalue weighted by Crippen LogP contribution is -2.53. The van der Waals surface area contributed by atoms with Crippen LogP contribution in [0.1, 0.15) is 43.9 Å². The highest BCUT2D eigenvalue weighted by Crippen LogP contribution is 2.53. The van der Waals surface area contributed by atoms with Crippen LogP contribution in [0.3, 0.4) is 0 Å². The number of carbonyl (C=O) groups is 2. The maximum Gasteiger partial charge on any atom is 0.291 e. The van der Waals surface area contributed by atoms with Crippen LogP contribution in [0, 0.1) is 13.8 Å². The highest BCUT2D eigenvalue weighted by atomic mass is 35.5. The van der Waals surface area contributed by atoms with E-state index in [0.717, 1.165) is 16.7 Å². The first-order chi connectivity index (χ1) is 20.2. The predicted molar refractivity (Wildman–Crippen MR) is 163 cm³/mol. The summed E-state index contributed by atoms with van der Waals surface area (Å²) in [4.78, 5) is 46.8. The maximum absolute atomic E-state index is 15.0. The van der Waals surface area contributed by atoms with Crippen molar-refractivity contribution in [3.8, 4) is 0 Å². The topological polar surface area (TPSA) is 70.8 Å². The number of para-hydroxylation sites is 1. The standard InChI is InChI=1S/C34H24Cl2N2O4/c1-19-15-23-28(16-20(19)2)42-31-29(30(23)39)34(38(32(31)40)18-22-10-4-7-13-26(22)36)24-11-5-8-14-27(24)37(33(34)41)17-21-9-3-6-12-25(21)35/h3-16H,17-18H2,1-2H3. The van der Waals surface area contributed by atoms with Gasteiger partial charge in [0.15, 0.2) is 11.0 Å². The molecule has 42 heavy (non-hydrogen) atoms. The van der Waals surface area contributed by atoms with E-state index in [2.05, 4.69) is 0 Å². The number of carbonyl (C=O) groups excluding carboxylic acids is 2. The van der Waals surface area contributed by atoms with E-state index in [1.165, 1.54) is 4.90 Å². The Morgan fingerprint density at radius 3 is 2.05 bits per heavy atom. The second kappa shape index (κ2) is 9.58. The van der Waals surface area contributed by atoms with Crippen molar-refractivity contribution in [2.45, 2.75) is 32.5 Å². The van der Waals surface area contributed by atoms with Gasteiger partial charge in [-0.15, -0.1) is 0 Å². The average Bonchev–Trinajstić information content (AvgIpc) is 3.37. The van der Waals surface area contributed by atoms with Crippen LogP contribution in [0.4, 0.5) is 5.69 Å². The van der Waals surface area contributed by atoms with Gasteiger partial charge in [-0.3, -0.25) is 14.4 Å². The van der Waals surface area contributed by atoms with Crippen molar-refractivity contribution in [3.05, 3.63) is 144 Å². The Morgan fingerprint density at radius 2 is 1.36 bits per heavy atom. The molecule has 208 valence electrons. The van der Waals surface area contributed by atoms with Crippen LogP contribution < -0.4 is 10.3 Å². The van der Waals surface area contributed by atoms with E-state index in [-0.39, 0.29) is 24.4 Å². The Balaban J connectivity index is 1.54. The van der Waals surface area contributed by atoms with Gasteiger partial charge in [0.05, 0.1) is 23.2 Å². The lowest BCUT2D eigenvalue weighted by molar-refractivity contribution is -0.126. The number of amides is 2. The van der Waals surface area contributed by atoms with Crippen molar-refractivity contribution >= 4 is 51.7 Å². The molecule has 3 heterocycles. The normalized spacial score (nSPS) is 17.4. The molecule has 1 atom stereocenters. The van der Waals surface area contributed by atoms with E-state index in [1.807, 2.05) is 50.2 Å². The largest absolute Gasteiger partial charge is 0.450 e. The third-order valence-corrected chi connectivity index (χ3v) is 9.16. The van der Waals surface area contributed by atoms with E-state index in [0.29, 0.717) is 37.8 Å². The van der Waals surface area contributed by atoms with Crippen LogP contribution in [0.2, 0.25) is 10.0 Å². The van der Waals surface area contributed by atoms with E-state index in [4.69, 9.17) is 27.6 Å². The van der Waals surface area contributed by atoms with Gasteiger partial charge in [-0.05, 0) is 66.4 Å². The minimum atomic E-state index is -1.77. The second-order valence-electron chi connectivity index (χ2n) is 10.8. The van der Waals surface area contributed by atoms with E-state index < -0.39 is 22.8 Å². The molecule has 6 nitrogen and oxygen atoms in total. The molecule has 0 aliphatic carbocycles. The summed E-state index contributed by atoms with van der Waals surface area (Å²) in [7, 11) is 0. The Morgan fingerprint density at radius 1 is 0.762 bits per heavy atom. The Hall–Kier alpha value is -4.39. The molecule has 1 spiro atoms. The molecular formula is C34H24Cl2N2O4. The number of fused-ring (bicyclic) bond motifs is 5. The summed E-state index contributed by atoms with van der Waals surface area (Å²) in [6, 6.07) is 25.2. The fourth-order valence-electron chi connectivity index (χ4n) is 6.22. The van der Waals surface area contributed by atoms with E-state index in [9.17, 15) is 14.4 Å². The minimum Gasteiger partial charge on any atom is -0.450 e. The highest BCUT2D eigenvalue weighted by molar-refractivity contribution is 6.31. The molecule has 2 aliphatic rings. The number of nitrogens with zero attached hydrogens (tertiary/aromatic N) is 2. The molecule has 5 aromatic rings. The summed E-state index contributed by atoms with van der Waals surface area (Å²) < 4.78 is 6.24. The molecular weight excluding hydrogens is 571 g/mol. The Kier molecular flexibility index (Phi) is 6.05. The summed E-state index contributed by atoms with van der Waals surface area (Å²) >= 11 is 13.1. The summed E-state index contributed by atoms with van der Waals surface area (Å²) in [5.41, 5.74) is 2.46. The van der Waals surface area contributed by atoms with Crippen molar-refractivity contribution in [1.82, 2.24) is 4.90 Å². The number of anilines is 1. The molecule has 0 bridgehead atoms. The third kappa shape index (κ3) is 3.62. The summed E-state index contributed by atoms with van der Waals surface area (Å²) in [5, 5.41) is 1.27. The number of hydrogen-bond acceptors (Lipinski definition) is 4. The van der Waals surface area contributed by atoms with Gasteiger partial charge in [0.25, 0.3) is 11.8 Å². The molecule has 4 aromatic carbocycles. The summed E-state index contributed by atoms with van der Waals surface area (Å²) in [6.45, 7) is 3.96. The first-order valence-electron chi connectivity index (χ1n) is 13.5. The zero-order valence-corrected chi connectivity index (χ0v) is 24.3. The number of hydrogen-bond donors (Lipinski definition) is 0. The van der Waals surface area contributed by atoms with E-state index >= 15 is 0 Å². The lowest BCUT2D eigenvalue weighted by atomic mass is 9.83. The summed E-state index contributed by atoms with van der Waals surface area (Å²) in [6.07, 6.45) is 0. The second-order valence-corrected chi connectivity index (χ2v) is 11.6. The number of halogens is 2. The van der Waals surface area contributed by atoms with Gasteiger partial charge in [0.1, 0.15) is 5.58 Å². The molecule has 8 heteroatoms. The molecule has 7 rings (SSSR count). The maximum atomic E-state index is 15.0. The Labute approximate surface area is 251 Å². The van der Waals surface area contributed by atoms with Crippen LogP contribution in [0.15, 0.2) is 94.1 Å². The lowest BCUT2D eigenvalue weighted by Gasteiger charge is -2.34. The minimum absolute atomic E-state index is 0.0173. The first kappa shape index (κ1) is 26.5. The highest BCUT2D eigenvalue weighted by Gasteiger charge is 2.65. The van der Waals surface area contributed by atoms with Crippen molar-refractivity contribution in [2.75, 3.05) is 4.90 Å². The van der Waals surface area contributed by atoms with Crippen LogP contribution >= 0.6 is 23.2 Å². The van der Waals surface area contributed by atoms with Gasteiger partial charge < -0.3 is 14.2 Å². The number of rotatable bonds is 4. The van der Waals surface area contributed by atoms with Gasteiger partial charge in [-0.25, -0.2) is 0 Å². The van der Waals surface area contributed by atoms with Gasteiger partial charge in [-0.2, -0.15) is 0 Å². The van der Waals surface area contributed by atoms with Crippen LogP contribution in [-0.2, 0) is 23.4 Å². The quantitative estimate of drug-likeness (QED) is 0.221. The SMILES string of the molecule is Cc1cc2oc3c(c(=O)c2cc1C)C1(C(=O)N(Cc2ccccc2Cl)c2ccccc21)N(Cc1ccccc1Cl)C3=O. The van der Waals surface area contributed by atoms with Crippen molar-refractivity contribution in [1.29, 1.82) is 0 Å². The van der Waals surface area contributed by atoms with Crippen molar-refractivity contribution in [3.63, 3.8) is 0 Å². The zero-order valence-electron chi connectivity index (χ0n) is 22.8. The Bertz CT molecular complexity index is 2030.